The lowest BCUT2D eigenvalue weighted by molar-refractivity contribution is 0.455. The van der Waals surface area contributed by atoms with Crippen LogP contribution in [0.2, 0.25) is 0 Å². The van der Waals surface area contributed by atoms with Crippen molar-refractivity contribution >= 4 is 17.5 Å². The van der Waals surface area contributed by atoms with Crippen LogP contribution >= 0.6 is 0 Å². The van der Waals surface area contributed by atoms with Crippen LogP contribution in [0.15, 0.2) is 54.3 Å². The highest BCUT2D eigenvalue weighted by Crippen LogP contribution is 2.36. The Labute approximate surface area is 148 Å². The molecule has 3 nitrogen and oxygen atoms in total. The minimum absolute atomic E-state index is 0.0540. The maximum absolute atomic E-state index is 14.7. The number of rotatable bonds is 7. The van der Waals surface area contributed by atoms with Crippen molar-refractivity contribution in [2.24, 2.45) is 4.99 Å². The number of nitrogens with one attached hydrogen (secondary N) is 2. The first-order chi connectivity index (χ1) is 12.5. The second kappa shape index (κ2) is 8.33. The Morgan fingerprint density at radius 3 is 2.27 bits per heavy atom. The summed E-state index contributed by atoms with van der Waals surface area (Å²) in [6.07, 6.45) is 5.43. The van der Waals surface area contributed by atoms with Crippen LogP contribution in [0.3, 0.4) is 0 Å². The number of halogens is 4. The van der Waals surface area contributed by atoms with Gasteiger partial charge in [-0.1, -0.05) is 12.7 Å². The molecule has 0 bridgehead atoms. The van der Waals surface area contributed by atoms with E-state index in [1.165, 1.54) is 30.6 Å². The summed E-state index contributed by atoms with van der Waals surface area (Å²) in [5.41, 5.74) is -1.63. The van der Waals surface area contributed by atoms with Gasteiger partial charge in [-0.3, -0.25) is 4.99 Å². The van der Waals surface area contributed by atoms with Crippen molar-refractivity contribution in [1.29, 1.82) is 0 Å². The summed E-state index contributed by atoms with van der Waals surface area (Å²) in [6, 6.07) is 3.08. The lowest BCUT2D eigenvalue weighted by Crippen LogP contribution is -2.11. The maximum Gasteiger partial charge on any atom is 0.185 e. The summed E-state index contributed by atoms with van der Waals surface area (Å²) in [5, 5.41) is 2.26. The summed E-state index contributed by atoms with van der Waals surface area (Å²) in [4.78, 5) is 6.76. The molecule has 0 atom stereocenters. The second-order valence-corrected chi connectivity index (χ2v) is 5.11. The highest BCUT2D eigenvalue weighted by atomic mass is 19.2. The lowest BCUT2D eigenvalue weighted by atomic mass is 9.97. The third-order valence-corrected chi connectivity index (χ3v) is 3.52. The molecule has 0 aliphatic heterocycles. The van der Waals surface area contributed by atoms with Crippen molar-refractivity contribution in [2.45, 2.75) is 6.92 Å². The molecule has 7 heteroatoms. The minimum atomic E-state index is -1.54. The Morgan fingerprint density at radius 1 is 1.15 bits per heavy atom. The van der Waals surface area contributed by atoms with E-state index in [0.29, 0.717) is 0 Å². The van der Waals surface area contributed by atoms with Gasteiger partial charge in [-0.05, 0) is 25.1 Å². The van der Waals surface area contributed by atoms with E-state index in [4.69, 9.17) is 0 Å². The zero-order chi connectivity index (χ0) is 19.3. The summed E-state index contributed by atoms with van der Waals surface area (Å²) in [6.45, 7) is 8.46. The summed E-state index contributed by atoms with van der Waals surface area (Å²) in [7, 11) is 0. The van der Waals surface area contributed by atoms with Crippen molar-refractivity contribution in [1.82, 2.24) is 4.98 Å². The Bertz CT molecular complexity index is 852. The van der Waals surface area contributed by atoms with E-state index in [1.807, 2.05) is 0 Å². The van der Waals surface area contributed by atoms with E-state index >= 15 is 0 Å². The van der Waals surface area contributed by atoms with E-state index in [2.05, 4.69) is 28.5 Å². The number of aliphatic imine (C=N–C) groups is 1. The summed E-state index contributed by atoms with van der Waals surface area (Å²) in [5.74, 6) is -6.14. The molecule has 1 aromatic heterocycles. The molecule has 0 aliphatic carbocycles. The van der Waals surface area contributed by atoms with Crippen LogP contribution in [-0.4, -0.2) is 17.7 Å². The average Bonchev–Trinajstić information content (AvgIpc) is 3.16. The van der Waals surface area contributed by atoms with Crippen LogP contribution in [-0.2, 0) is 0 Å². The smallest absolute Gasteiger partial charge is 0.185 e. The number of allylic oxidation sites excluding steroid dienone is 1. The number of H-pyrrole nitrogens is 1. The molecular weight excluding hydrogens is 346 g/mol. The minimum Gasteiger partial charge on any atom is -0.377 e. The zero-order valence-corrected chi connectivity index (χ0v) is 14.0. The van der Waals surface area contributed by atoms with Crippen LogP contribution in [0.5, 0.6) is 0 Å². The van der Waals surface area contributed by atoms with Crippen LogP contribution in [0.25, 0.3) is 5.57 Å². The van der Waals surface area contributed by atoms with Gasteiger partial charge < -0.3 is 10.3 Å². The van der Waals surface area contributed by atoms with Crippen LogP contribution < -0.4 is 5.32 Å². The van der Waals surface area contributed by atoms with Gasteiger partial charge in [0.25, 0.3) is 0 Å². The fraction of sp³-hybridized carbons (Fsp3) is 0.105. The number of aromatic nitrogens is 1. The van der Waals surface area contributed by atoms with Gasteiger partial charge in [0, 0.05) is 30.2 Å². The molecule has 1 aromatic carbocycles. The van der Waals surface area contributed by atoms with E-state index in [1.54, 1.807) is 13.0 Å². The molecule has 26 heavy (non-hydrogen) atoms. The van der Waals surface area contributed by atoms with Crippen LogP contribution in [0.1, 0.15) is 18.2 Å². The molecule has 2 aromatic rings. The number of aromatic amines is 1. The monoisotopic (exact) mass is 363 g/mol. The molecule has 0 aliphatic rings. The molecule has 2 rings (SSSR count). The molecule has 0 saturated carbocycles. The maximum atomic E-state index is 14.7. The first-order valence-electron chi connectivity index (χ1n) is 7.68. The quantitative estimate of drug-likeness (QED) is 0.229. The number of benzene rings is 1. The van der Waals surface area contributed by atoms with Crippen LogP contribution in [0.4, 0.5) is 23.2 Å². The third-order valence-electron chi connectivity index (χ3n) is 3.52. The highest BCUT2D eigenvalue weighted by molar-refractivity contribution is 5.84. The van der Waals surface area contributed by atoms with Gasteiger partial charge >= 0.3 is 0 Å². The van der Waals surface area contributed by atoms with E-state index in [9.17, 15) is 17.6 Å². The topological polar surface area (TPSA) is 40.2 Å². The van der Waals surface area contributed by atoms with Crippen molar-refractivity contribution in [3.8, 4) is 0 Å². The number of hydrogen-bond donors (Lipinski definition) is 2. The van der Waals surface area contributed by atoms with Crippen LogP contribution in [0, 0.1) is 23.3 Å². The van der Waals surface area contributed by atoms with Gasteiger partial charge in [-0.25, -0.2) is 17.6 Å². The molecule has 0 unspecified atom stereocenters. The molecule has 2 N–H and O–H groups in total. The molecule has 0 saturated heterocycles. The van der Waals surface area contributed by atoms with Gasteiger partial charge in [-0.15, -0.1) is 6.58 Å². The Morgan fingerprint density at radius 2 is 1.81 bits per heavy atom. The SMILES string of the molecule is C=CCNc1c(F)c(F)c(/C(=C(\C=C)N=CC)c2ccc[nH]2)c(F)c1F. The van der Waals surface area contributed by atoms with E-state index in [0.717, 1.165) is 0 Å². The largest absolute Gasteiger partial charge is 0.377 e. The first-order valence-corrected chi connectivity index (χ1v) is 7.68. The number of anilines is 1. The summed E-state index contributed by atoms with van der Waals surface area (Å²) >= 11 is 0. The summed E-state index contributed by atoms with van der Waals surface area (Å²) < 4.78 is 58.3. The molecule has 0 amide bonds. The molecule has 1 heterocycles. The Kier molecular flexibility index (Phi) is 6.16. The van der Waals surface area contributed by atoms with Crippen molar-refractivity contribution < 1.29 is 17.6 Å². The first kappa shape index (κ1) is 19.2. The molecule has 0 radical (unpaired) electrons. The van der Waals surface area contributed by atoms with Gasteiger partial charge in [0.05, 0.1) is 11.3 Å². The Balaban J connectivity index is 2.86. The standard InChI is InChI=1S/C19H17F4N3/c1-4-9-26-19-17(22)15(20)14(16(21)18(19)23)13(11(5-2)24-6-3)12-8-7-10-25-12/h4-8,10,25-26H,1-2,9H2,3H3/b13-11+,24-6?. The molecule has 0 fully saturated rings. The second-order valence-electron chi connectivity index (χ2n) is 5.11. The predicted octanol–water partition coefficient (Wildman–Crippen LogP) is 5.21. The fourth-order valence-corrected chi connectivity index (χ4v) is 2.43. The number of nitrogens with zero attached hydrogens (tertiary/aromatic N) is 1. The van der Waals surface area contributed by atoms with Gasteiger partial charge in [0.2, 0.25) is 0 Å². The third kappa shape index (κ3) is 3.46. The van der Waals surface area contributed by atoms with Gasteiger partial charge in [-0.2, -0.15) is 0 Å². The van der Waals surface area contributed by atoms with Crippen molar-refractivity contribution in [2.75, 3.05) is 11.9 Å². The molecule has 136 valence electrons. The van der Waals surface area contributed by atoms with E-state index in [-0.39, 0.29) is 23.5 Å². The predicted molar refractivity (Wildman–Crippen MR) is 96.1 cm³/mol. The zero-order valence-electron chi connectivity index (χ0n) is 14.0. The van der Waals surface area contributed by atoms with Crippen molar-refractivity contribution in [3.63, 3.8) is 0 Å². The Hall–Kier alpha value is -3.09. The average molecular weight is 363 g/mol. The molecular formula is C19H17F4N3. The molecule has 0 spiro atoms. The van der Waals surface area contributed by atoms with E-state index < -0.39 is 34.5 Å². The lowest BCUT2D eigenvalue weighted by Gasteiger charge is -2.16. The highest BCUT2D eigenvalue weighted by Gasteiger charge is 2.29. The number of hydrogen-bond acceptors (Lipinski definition) is 2. The van der Waals surface area contributed by atoms with Gasteiger partial charge in [0.15, 0.2) is 23.3 Å². The fourth-order valence-electron chi connectivity index (χ4n) is 2.43. The van der Waals surface area contributed by atoms with Gasteiger partial charge in [0.1, 0.15) is 5.69 Å². The normalized spacial score (nSPS) is 12.2. The van der Waals surface area contributed by atoms with Crippen molar-refractivity contribution in [3.05, 3.63) is 83.9 Å².